The average Bonchev–Trinajstić information content (AvgIpc) is 2.81. The zero-order chi connectivity index (χ0) is 15.5. The number of nitrogens with zero attached hydrogens (tertiary/aromatic N) is 2. The van der Waals surface area contributed by atoms with Crippen molar-refractivity contribution < 1.29 is 27.5 Å². The summed E-state index contributed by atoms with van der Waals surface area (Å²) in [6.07, 6.45) is -3.41. The molecule has 0 atom stereocenters. The lowest BCUT2D eigenvalue weighted by Gasteiger charge is -2.08. The summed E-state index contributed by atoms with van der Waals surface area (Å²) >= 11 is 0. The summed E-state index contributed by atoms with van der Waals surface area (Å²) in [5.41, 5.74) is 0.0817. The SMILES string of the molecule is O=C1CN=C(NC(=O)c2ccc(OCC(F)(F)F)nc2)N1. The van der Waals surface area contributed by atoms with Gasteiger partial charge in [-0.1, -0.05) is 0 Å². The minimum absolute atomic E-state index is 0.0161. The molecule has 21 heavy (non-hydrogen) atoms. The molecule has 0 bridgehead atoms. The third-order valence-electron chi connectivity index (χ3n) is 2.25. The fraction of sp³-hybridized carbons (Fsp3) is 0.273. The minimum atomic E-state index is -4.46. The fourth-order valence-corrected chi connectivity index (χ4v) is 1.37. The molecule has 0 saturated carbocycles. The number of carbonyl (C=O) groups excluding carboxylic acids is 2. The Labute approximate surface area is 116 Å². The predicted octanol–water partition coefficient (Wildman–Crippen LogP) is 0.238. The Morgan fingerprint density at radius 2 is 2.19 bits per heavy atom. The van der Waals surface area contributed by atoms with Gasteiger partial charge >= 0.3 is 6.18 Å². The van der Waals surface area contributed by atoms with Crippen molar-refractivity contribution in [2.75, 3.05) is 13.2 Å². The van der Waals surface area contributed by atoms with Crippen LogP contribution in [-0.2, 0) is 4.79 Å². The van der Waals surface area contributed by atoms with Crippen LogP contribution in [-0.4, -0.2) is 42.1 Å². The topological polar surface area (TPSA) is 92.7 Å². The molecule has 2 N–H and O–H groups in total. The summed E-state index contributed by atoms with van der Waals surface area (Å²) in [5.74, 6) is -1.19. The number of ether oxygens (including phenoxy) is 1. The Bertz CT molecular complexity index is 583. The molecule has 7 nitrogen and oxygen atoms in total. The van der Waals surface area contributed by atoms with E-state index in [1.165, 1.54) is 6.07 Å². The summed E-state index contributed by atoms with van der Waals surface area (Å²) in [7, 11) is 0. The van der Waals surface area contributed by atoms with Gasteiger partial charge in [0.1, 0.15) is 6.54 Å². The van der Waals surface area contributed by atoms with Gasteiger partial charge in [0.2, 0.25) is 17.7 Å². The third-order valence-corrected chi connectivity index (χ3v) is 2.25. The van der Waals surface area contributed by atoms with Gasteiger partial charge < -0.3 is 4.74 Å². The summed E-state index contributed by atoms with van der Waals surface area (Å²) in [5, 5.41) is 4.63. The van der Waals surface area contributed by atoms with Gasteiger partial charge in [-0.25, -0.2) is 9.98 Å². The van der Waals surface area contributed by atoms with Gasteiger partial charge in [-0.3, -0.25) is 20.2 Å². The number of guanidine groups is 1. The van der Waals surface area contributed by atoms with Crippen LogP contribution in [0.15, 0.2) is 23.3 Å². The van der Waals surface area contributed by atoms with E-state index in [4.69, 9.17) is 0 Å². The van der Waals surface area contributed by atoms with Crippen LogP contribution in [0.5, 0.6) is 5.88 Å². The normalized spacial score (nSPS) is 14.4. The highest BCUT2D eigenvalue weighted by atomic mass is 19.4. The fourth-order valence-electron chi connectivity index (χ4n) is 1.37. The Morgan fingerprint density at radius 1 is 1.43 bits per heavy atom. The zero-order valence-corrected chi connectivity index (χ0v) is 10.4. The van der Waals surface area contributed by atoms with Gasteiger partial charge in [0.15, 0.2) is 6.61 Å². The number of nitrogens with one attached hydrogen (secondary N) is 2. The van der Waals surface area contributed by atoms with Crippen LogP contribution in [0, 0.1) is 0 Å². The number of hydrogen-bond acceptors (Lipinski definition) is 5. The second-order valence-corrected chi connectivity index (χ2v) is 3.96. The van der Waals surface area contributed by atoms with Crippen molar-refractivity contribution in [1.82, 2.24) is 15.6 Å². The lowest BCUT2D eigenvalue weighted by atomic mass is 10.3. The van der Waals surface area contributed by atoms with E-state index in [0.717, 1.165) is 12.3 Å². The summed E-state index contributed by atoms with van der Waals surface area (Å²) in [6.45, 7) is -1.54. The Morgan fingerprint density at radius 3 is 2.71 bits per heavy atom. The molecule has 0 aliphatic carbocycles. The number of halogens is 3. The van der Waals surface area contributed by atoms with Crippen LogP contribution in [0.25, 0.3) is 0 Å². The van der Waals surface area contributed by atoms with Gasteiger partial charge in [0.05, 0.1) is 5.56 Å². The molecule has 0 saturated heterocycles. The summed E-state index contributed by atoms with van der Waals surface area (Å²) in [6, 6.07) is 2.38. The minimum Gasteiger partial charge on any atom is -0.468 e. The molecule has 2 heterocycles. The van der Waals surface area contributed by atoms with Gasteiger partial charge in [0.25, 0.3) is 5.91 Å². The standard InChI is InChI=1S/C11H9F3N4O3/c12-11(13,14)5-21-8-2-1-6(3-15-8)9(20)18-10-16-4-7(19)17-10/h1-3H,4-5H2,(H2,16,17,18,19,20). The van der Waals surface area contributed by atoms with E-state index < -0.39 is 18.7 Å². The van der Waals surface area contributed by atoms with Crippen molar-refractivity contribution in [1.29, 1.82) is 0 Å². The van der Waals surface area contributed by atoms with Crippen LogP contribution >= 0.6 is 0 Å². The first kappa shape index (κ1) is 14.8. The second kappa shape index (κ2) is 5.77. The molecular weight excluding hydrogens is 293 g/mol. The molecular formula is C11H9F3N4O3. The highest BCUT2D eigenvalue weighted by Crippen LogP contribution is 2.16. The maximum atomic E-state index is 11.9. The maximum absolute atomic E-state index is 11.9. The lowest BCUT2D eigenvalue weighted by molar-refractivity contribution is -0.154. The van der Waals surface area contributed by atoms with Crippen LogP contribution in [0.3, 0.4) is 0 Å². The molecule has 0 aromatic carbocycles. The molecule has 2 rings (SSSR count). The highest BCUT2D eigenvalue weighted by molar-refractivity contribution is 6.12. The molecule has 0 fully saturated rings. The third kappa shape index (κ3) is 4.44. The Kier molecular flexibility index (Phi) is 4.05. The molecule has 2 amide bonds. The molecule has 10 heteroatoms. The number of aliphatic imine (C=N–C) groups is 1. The first-order chi connectivity index (χ1) is 9.83. The van der Waals surface area contributed by atoms with E-state index in [0.29, 0.717) is 0 Å². The molecule has 1 aromatic rings. The van der Waals surface area contributed by atoms with E-state index in [1.54, 1.807) is 0 Å². The maximum Gasteiger partial charge on any atom is 0.422 e. The monoisotopic (exact) mass is 302 g/mol. The van der Waals surface area contributed by atoms with Crippen LogP contribution < -0.4 is 15.4 Å². The van der Waals surface area contributed by atoms with E-state index in [-0.39, 0.29) is 29.9 Å². The van der Waals surface area contributed by atoms with Gasteiger partial charge in [-0.15, -0.1) is 0 Å². The number of pyridine rings is 1. The molecule has 1 aromatic heterocycles. The first-order valence-electron chi connectivity index (χ1n) is 5.65. The second-order valence-electron chi connectivity index (χ2n) is 3.96. The Balaban J connectivity index is 1.92. The van der Waals surface area contributed by atoms with Gasteiger partial charge in [0, 0.05) is 12.3 Å². The van der Waals surface area contributed by atoms with E-state index in [2.05, 4.69) is 25.3 Å². The molecule has 1 aliphatic rings. The number of alkyl halides is 3. The van der Waals surface area contributed by atoms with Crippen molar-refractivity contribution in [2.45, 2.75) is 6.18 Å². The molecule has 1 aliphatic heterocycles. The van der Waals surface area contributed by atoms with Crippen molar-refractivity contribution in [3.63, 3.8) is 0 Å². The lowest BCUT2D eigenvalue weighted by Crippen LogP contribution is -2.40. The van der Waals surface area contributed by atoms with E-state index >= 15 is 0 Å². The van der Waals surface area contributed by atoms with Crippen LogP contribution in [0.4, 0.5) is 13.2 Å². The van der Waals surface area contributed by atoms with Crippen molar-refractivity contribution in [3.05, 3.63) is 23.9 Å². The van der Waals surface area contributed by atoms with Crippen molar-refractivity contribution >= 4 is 17.8 Å². The van der Waals surface area contributed by atoms with Crippen molar-refractivity contribution in [3.8, 4) is 5.88 Å². The van der Waals surface area contributed by atoms with E-state index in [9.17, 15) is 22.8 Å². The average molecular weight is 302 g/mol. The number of aromatic nitrogens is 1. The van der Waals surface area contributed by atoms with Crippen LogP contribution in [0.1, 0.15) is 10.4 Å². The smallest absolute Gasteiger partial charge is 0.422 e. The molecule has 0 spiro atoms. The zero-order valence-electron chi connectivity index (χ0n) is 10.4. The predicted molar refractivity (Wildman–Crippen MR) is 63.7 cm³/mol. The van der Waals surface area contributed by atoms with Crippen LogP contribution in [0.2, 0.25) is 0 Å². The molecule has 112 valence electrons. The summed E-state index contributed by atoms with van der Waals surface area (Å²) in [4.78, 5) is 29.9. The molecule has 0 unspecified atom stereocenters. The van der Waals surface area contributed by atoms with Gasteiger partial charge in [-0.05, 0) is 6.07 Å². The molecule has 0 radical (unpaired) electrons. The van der Waals surface area contributed by atoms with Gasteiger partial charge in [-0.2, -0.15) is 13.2 Å². The number of rotatable bonds is 3. The number of amides is 2. The highest BCUT2D eigenvalue weighted by Gasteiger charge is 2.28. The summed E-state index contributed by atoms with van der Waals surface area (Å²) < 4.78 is 40.2. The largest absolute Gasteiger partial charge is 0.468 e. The number of hydrogen-bond donors (Lipinski definition) is 2. The number of carbonyl (C=O) groups is 2. The quantitative estimate of drug-likeness (QED) is 0.836. The Hall–Kier alpha value is -2.65. The van der Waals surface area contributed by atoms with Crippen molar-refractivity contribution in [2.24, 2.45) is 4.99 Å². The van der Waals surface area contributed by atoms with E-state index in [1.807, 2.05) is 0 Å². The first-order valence-corrected chi connectivity index (χ1v) is 5.65.